The van der Waals surface area contributed by atoms with E-state index in [2.05, 4.69) is 16.9 Å². The first-order valence-electron chi connectivity index (χ1n) is 8.34. The number of hydrogen-bond donors (Lipinski definition) is 1. The Hall–Kier alpha value is -1.55. The first-order chi connectivity index (χ1) is 12.0. The number of ether oxygens (including phenoxy) is 1. The molecule has 0 aromatic carbocycles. The van der Waals surface area contributed by atoms with Crippen LogP contribution in [0.25, 0.3) is 0 Å². The van der Waals surface area contributed by atoms with Crippen molar-refractivity contribution in [2.24, 2.45) is 4.99 Å². The molecule has 10 heteroatoms. The molecule has 0 saturated carbocycles. The molecule has 2 rings (SSSR count). The van der Waals surface area contributed by atoms with Gasteiger partial charge in [0.1, 0.15) is 5.60 Å². The summed E-state index contributed by atoms with van der Waals surface area (Å²) >= 11 is 1.32. The molecule has 146 valence electrons. The van der Waals surface area contributed by atoms with Crippen LogP contribution < -0.4 is 5.32 Å². The predicted octanol–water partition coefficient (Wildman–Crippen LogP) is 1.18. The quantitative estimate of drug-likeness (QED) is 0.687. The average molecular weight is 404 g/mol. The summed E-state index contributed by atoms with van der Waals surface area (Å²) in [5.41, 5.74) is -0.599. The number of nitrogens with zero attached hydrogens (tertiary/aromatic N) is 2. The Labute approximate surface area is 158 Å². The molecule has 2 atom stereocenters. The molecule has 2 aliphatic heterocycles. The van der Waals surface area contributed by atoms with Crippen molar-refractivity contribution in [2.75, 3.05) is 24.6 Å². The van der Waals surface area contributed by atoms with Gasteiger partial charge in [0.2, 0.25) is 5.91 Å². The minimum Gasteiger partial charge on any atom is -0.444 e. The summed E-state index contributed by atoms with van der Waals surface area (Å²) in [6.07, 6.45) is 1.12. The summed E-state index contributed by atoms with van der Waals surface area (Å²) in [5, 5.41) is 2.93. The maximum Gasteiger partial charge on any atom is 0.407 e. The number of amidine groups is 1. The van der Waals surface area contributed by atoms with E-state index in [4.69, 9.17) is 4.74 Å². The van der Waals surface area contributed by atoms with Gasteiger partial charge >= 0.3 is 6.09 Å². The highest BCUT2D eigenvalue weighted by atomic mass is 32.2. The topological polar surface area (TPSA) is 105 Å². The van der Waals surface area contributed by atoms with Crippen molar-refractivity contribution in [3.05, 3.63) is 12.7 Å². The van der Waals surface area contributed by atoms with Crippen molar-refractivity contribution >= 4 is 38.8 Å². The van der Waals surface area contributed by atoms with Crippen LogP contribution in [0.4, 0.5) is 4.79 Å². The van der Waals surface area contributed by atoms with Crippen molar-refractivity contribution in [2.45, 2.75) is 44.1 Å². The Balaban J connectivity index is 1.91. The van der Waals surface area contributed by atoms with E-state index in [0.29, 0.717) is 11.7 Å². The molecular formula is C16H25N3O5S2. The summed E-state index contributed by atoms with van der Waals surface area (Å²) < 4.78 is 28.7. The van der Waals surface area contributed by atoms with Crippen LogP contribution in [0.1, 0.15) is 27.2 Å². The van der Waals surface area contributed by atoms with Crippen LogP contribution in [0.3, 0.4) is 0 Å². The monoisotopic (exact) mass is 403 g/mol. The van der Waals surface area contributed by atoms with Gasteiger partial charge < -0.3 is 15.0 Å². The molecule has 2 amide bonds. The van der Waals surface area contributed by atoms with E-state index >= 15 is 0 Å². The number of rotatable bonds is 5. The van der Waals surface area contributed by atoms with Crippen LogP contribution in [0, 0.1) is 0 Å². The molecule has 2 heterocycles. The summed E-state index contributed by atoms with van der Waals surface area (Å²) in [4.78, 5) is 29.6. The van der Waals surface area contributed by atoms with Gasteiger partial charge in [-0.25, -0.2) is 13.2 Å². The third-order valence-corrected chi connectivity index (χ3v) is 6.98. The second-order valence-electron chi connectivity index (χ2n) is 7.21. The zero-order valence-corrected chi connectivity index (χ0v) is 16.9. The lowest BCUT2D eigenvalue weighted by molar-refractivity contribution is -0.117. The number of carbonyl (C=O) groups is 2. The van der Waals surface area contributed by atoms with Gasteiger partial charge in [-0.2, -0.15) is 4.99 Å². The van der Waals surface area contributed by atoms with Crippen LogP contribution in [0.5, 0.6) is 0 Å². The van der Waals surface area contributed by atoms with Gasteiger partial charge in [0.25, 0.3) is 0 Å². The highest BCUT2D eigenvalue weighted by molar-refractivity contribution is 8.15. The second kappa shape index (κ2) is 7.99. The van der Waals surface area contributed by atoms with Gasteiger partial charge in [0.15, 0.2) is 15.0 Å². The first kappa shape index (κ1) is 20.8. The van der Waals surface area contributed by atoms with Gasteiger partial charge in [-0.1, -0.05) is 17.8 Å². The van der Waals surface area contributed by atoms with Crippen molar-refractivity contribution in [1.29, 1.82) is 0 Å². The highest BCUT2D eigenvalue weighted by Gasteiger charge is 2.48. The summed E-state index contributed by atoms with van der Waals surface area (Å²) in [6.45, 7) is 9.51. The Morgan fingerprint density at radius 2 is 2.12 bits per heavy atom. The molecule has 1 N–H and O–H groups in total. The van der Waals surface area contributed by atoms with Crippen molar-refractivity contribution in [1.82, 2.24) is 10.2 Å². The van der Waals surface area contributed by atoms with Crippen LogP contribution in [0.15, 0.2) is 17.6 Å². The first-order valence-corrected chi connectivity index (χ1v) is 11.0. The maximum atomic E-state index is 12.1. The van der Waals surface area contributed by atoms with Gasteiger partial charge in [-0.15, -0.1) is 6.58 Å². The second-order valence-corrected chi connectivity index (χ2v) is 10.6. The molecule has 2 fully saturated rings. The number of alkyl carbamates (subject to hydrolysis) is 1. The highest BCUT2D eigenvalue weighted by Crippen LogP contribution is 2.37. The fourth-order valence-electron chi connectivity index (χ4n) is 2.74. The summed E-state index contributed by atoms with van der Waals surface area (Å²) in [6, 6.07) is -0.172. The van der Waals surface area contributed by atoms with E-state index in [-0.39, 0.29) is 41.7 Å². The number of nitrogens with one attached hydrogen (secondary N) is 1. The number of sulfone groups is 1. The fourth-order valence-corrected chi connectivity index (χ4v) is 6.71. The van der Waals surface area contributed by atoms with Crippen LogP contribution in [0.2, 0.25) is 0 Å². The van der Waals surface area contributed by atoms with Crippen molar-refractivity contribution in [3.8, 4) is 0 Å². The zero-order valence-electron chi connectivity index (χ0n) is 15.2. The number of fused-ring (bicyclic) bond motifs is 1. The number of thioether (sulfide) groups is 1. The van der Waals surface area contributed by atoms with E-state index in [1.54, 1.807) is 26.8 Å². The molecule has 2 aliphatic rings. The third-order valence-electron chi connectivity index (χ3n) is 3.73. The SMILES string of the molecule is C=CCN1C(=NC(=O)CCNC(=O)OC(C)(C)C)S[C@@H]2CS(=O)(=O)C[C@H]21. The predicted molar refractivity (Wildman–Crippen MR) is 102 cm³/mol. The van der Waals surface area contributed by atoms with Gasteiger partial charge in [-0.3, -0.25) is 4.79 Å². The number of aliphatic imine (C=N–C) groups is 1. The Morgan fingerprint density at radius 1 is 1.42 bits per heavy atom. The van der Waals surface area contributed by atoms with E-state index in [1.807, 2.05) is 4.90 Å². The van der Waals surface area contributed by atoms with Gasteiger partial charge in [0, 0.05) is 24.8 Å². The lowest BCUT2D eigenvalue weighted by atomic mass is 10.2. The fraction of sp³-hybridized carbons (Fsp3) is 0.688. The van der Waals surface area contributed by atoms with Crippen LogP contribution in [-0.4, -0.2) is 72.0 Å². The molecule has 0 aliphatic carbocycles. The molecule has 0 bridgehead atoms. The van der Waals surface area contributed by atoms with E-state index in [0.717, 1.165) is 0 Å². The number of carbonyl (C=O) groups excluding carboxylic acids is 2. The Kier molecular flexibility index (Phi) is 6.38. The van der Waals surface area contributed by atoms with Crippen LogP contribution in [-0.2, 0) is 19.4 Å². The van der Waals surface area contributed by atoms with Crippen molar-refractivity contribution in [3.63, 3.8) is 0 Å². The molecule has 0 spiro atoms. The smallest absolute Gasteiger partial charge is 0.407 e. The largest absolute Gasteiger partial charge is 0.444 e. The van der Waals surface area contributed by atoms with E-state index in [9.17, 15) is 18.0 Å². The normalized spacial score (nSPS) is 25.8. The summed E-state index contributed by atoms with van der Waals surface area (Å²) in [5.74, 6) is -0.199. The molecule has 0 aromatic rings. The minimum atomic E-state index is -3.05. The number of hydrogen-bond acceptors (Lipinski definition) is 6. The molecule has 8 nitrogen and oxygen atoms in total. The standard InChI is InChI=1S/C16H25N3O5S2/c1-5-8-19-11-9-26(22,23)10-12(11)25-14(19)18-13(20)6-7-17-15(21)24-16(2,3)4/h5,11-12H,1,6-10H2,2-4H3,(H,17,21)/t11-,12-/m1/s1. The molecule has 26 heavy (non-hydrogen) atoms. The lowest BCUT2D eigenvalue weighted by Crippen LogP contribution is -2.37. The molecule has 2 saturated heterocycles. The third kappa shape index (κ3) is 5.73. The average Bonchev–Trinajstić information content (AvgIpc) is 2.90. The molecule has 0 radical (unpaired) electrons. The Bertz CT molecular complexity index is 712. The lowest BCUT2D eigenvalue weighted by Gasteiger charge is -2.22. The molecular weight excluding hydrogens is 378 g/mol. The molecule has 0 aromatic heterocycles. The Morgan fingerprint density at radius 3 is 2.73 bits per heavy atom. The summed E-state index contributed by atoms with van der Waals surface area (Å²) in [7, 11) is -3.05. The van der Waals surface area contributed by atoms with Gasteiger partial charge in [0.05, 0.1) is 17.5 Å². The number of amides is 2. The minimum absolute atomic E-state index is 0.0405. The zero-order chi connectivity index (χ0) is 19.5. The van der Waals surface area contributed by atoms with Gasteiger partial charge in [-0.05, 0) is 20.8 Å². The van der Waals surface area contributed by atoms with Crippen LogP contribution >= 0.6 is 11.8 Å². The van der Waals surface area contributed by atoms with E-state index < -0.39 is 21.5 Å². The van der Waals surface area contributed by atoms with Crippen molar-refractivity contribution < 1.29 is 22.7 Å². The van der Waals surface area contributed by atoms with E-state index in [1.165, 1.54) is 11.8 Å². The maximum absolute atomic E-state index is 12.1. The molecule has 0 unspecified atom stereocenters.